The SMILES string of the molecule is CC(N)=O.COc1ccccc1OCC(O)CN1CCN(CC(=O)Nc2c(C)cccc2C)CC1. The number of β-amino-alcohol motifs (C(OH)–C–C–N with tert-alkyl or cyclic N) is 1. The summed E-state index contributed by atoms with van der Waals surface area (Å²) in [5, 5.41) is 13.4. The molecule has 1 saturated heterocycles. The highest BCUT2D eigenvalue weighted by molar-refractivity contribution is 5.93. The van der Waals surface area contributed by atoms with Crippen LogP contribution in [0.4, 0.5) is 5.69 Å². The zero-order valence-corrected chi connectivity index (χ0v) is 21.1. The molecular weight excluding hydrogens is 448 g/mol. The van der Waals surface area contributed by atoms with Crippen LogP contribution in [0.5, 0.6) is 11.5 Å². The largest absolute Gasteiger partial charge is 0.493 e. The molecule has 2 amide bonds. The fourth-order valence-electron chi connectivity index (χ4n) is 3.80. The number of anilines is 1. The lowest BCUT2D eigenvalue weighted by Crippen LogP contribution is -2.50. The Balaban J connectivity index is 0.00000100. The number of para-hydroxylation sites is 3. The van der Waals surface area contributed by atoms with Crippen LogP contribution in [0.25, 0.3) is 0 Å². The molecule has 3 rings (SSSR count). The van der Waals surface area contributed by atoms with Gasteiger partial charge < -0.3 is 25.6 Å². The molecule has 1 fully saturated rings. The number of primary amides is 1. The number of nitrogens with zero attached hydrogens (tertiary/aromatic N) is 2. The monoisotopic (exact) mass is 486 g/mol. The average molecular weight is 487 g/mol. The highest BCUT2D eigenvalue weighted by Gasteiger charge is 2.21. The summed E-state index contributed by atoms with van der Waals surface area (Å²) in [7, 11) is 1.60. The van der Waals surface area contributed by atoms with Crippen molar-refractivity contribution in [1.82, 2.24) is 9.80 Å². The number of hydrogen-bond acceptors (Lipinski definition) is 7. The van der Waals surface area contributed by atoms with Gasteiger partial charge in [-0.2, -0.15) is 0 Å². The maximum atomic E-state index is 12.5. The van der Waals surface area contributed by atoms with Gasteiger partial charge in [0.15, 0.2) is 11.5 Å². The first-order chi connectivity index (χ1) is 16.7. The molecule has 35 heavy (non-hydrogen) atoms. The molecule has 0 aliphatic carbocycles. The molecular formula is C26H38N4O5. The molecule has 4 N–H and O–H groups in total. The van der Waals surface area contributed by atoms with Gasteiger partial charge in [0.2, 0.25) is 11.8 Å². The van der Waals surface area contributed by atoms with Crippen molar-refractivity contribution in [2.45, 2.75) is 26.9 Å². The second-order valence-electron chi connectivity index (χ2n) is 8.62. The molecule has 9 nitrogen and oxygen atoms in total. The number of carbonyl (C=O) groups excluding carboxylic acids is 2. The first kappa shape index (κ1) is 28.1. The van der Waals surface area contributed by atoms with Gasteiger partial charge in [0.1, 0.15) is 12.7 Å². The summed E-state index contributed by atoms with van der Waals surface area (Å²) >= 11 is 0. The number of ether oxygens (including phenoxy) is 2. The molecule has 0 saturated carbocycles. The van der Waals surface area contributed by atoms with Gasteiger partial charge in [-0.15, -0.1) is 0 Å². The molecule has 0 aromatic heterocycles. The summed E-state index contributed by atoms with van der Waals surface area (Å²) in [5.74, 6) is 0.961. The third-order valence-electron chi connectivity index (χ3n) is 5.55. The molecule has 1 heterocycles. The quantitative estimate of drug-likeness (QED) is 0.495. The number of rotatable bonds is 9. The van der Waals surface area contributed by atoms with Crippen molar-refractivity contribution in [1.29, 1.82) is 0 Å². The summed E-state index contributed by atoms with van der Waals surface area (Å²) in [5.41, 5.74) is 7.52. The number of aliphatic hydroxyl groups excluding tert-OH is 1. The summed E-state index contributed by atoms with van der Waals surface area (Å²) in [4.78, 5) is 26.1. The fourth-order valence-corrected chi connectivity index (χ4v) is 3.80. The van der Waals surface area contributed by atoms with Crippen LogP contribution >= 0.6 is 0 Å². The Morgan fingerprint density at radius 3 is 2.11 bits per heavy atom. The third kappa shape index (κ3) is 9.94. The Morgan fingerprint density at radius 2 is 1.54 bits per heavy atom. The summed E-state index contributed by atoms with van der Waals surface area (Å²) in [6.07, 6.45) is -0.594. The lowest BCUT2D eigenvalue weighted by Gasteiger charge is -2.35. The van der Waals surface area contributed by atoms with E-state index in [-0.39, 0.29) is 18.4 Å². The first-order valence-corrected chi connectivity index (χ1v) is 11.7. The van der Waals surface area contributed by atoms with Crippen LogP contribution in [0.3, 0.4) is 0 Å². The van der Waals surface area contributed by atoms with E-state index in [9.17, 15) is 14.7 Å². The topological polar surface area (TPSA) is 117 Å². The number of piperazine rings is 1. The lowest BCUT2D eigenvalue weighted by molar-refractivity contribution is -0.118. The summed E-state index contributed by atoms with van der Waals surface area (Å²) in [6.45, 7) is 9.64. The number of carbonyl (C=O) groups is 2. The molecule has 1 unspecified atom stereocenters. The first-order valence-electron chi connectivity index (χ1n) is 11.7. The van der Waals surface area contributed by atoms with Crippen molar-refractivity contribution in [3.8, 4) is 11.5 Å². The van der Waals surface area contributed by atoms with Crippen LogP contribution in [0.2, 0.25) is 0 Å². The Labute approximate surface area is 207 Å². The fraction of sp³-hybridized carbons (Fsp3) is 0.462. The van der Waals surface area contributed by atoms with Crippen LogP contribution in [0, 0.1) is 13.8 Å². The van der Waals surface area contributed by atoms with Gasteiger partial charge in [-0.1, -0.05) is 30.3 Å². The molecule has 192 valence electrons. The third-order valence-corrected chi connectivity index (χ3v) is 5.55. The van der Waals surface area contributed by atoms with E-state index >= 15 is 0 Å². The van der Waals surface area contributed by atoms with E-state index in [4.69, 9.17) is 9.47 Å². The van der Waals surface area contributed by atoms with Crippen molar-refractivity contribution >= 4 is 17.5 Å². The predicted molar refractivity (Wildman–Crippen MR) is 137 cm³/mol. The van der Waals surface area contributed by atoms with E-state index in [1.165, 1.54) is 6.92 Å². The van der Waals surface area contributed by atoms with Gasteiger partial charge in [-0.05, 0) is 37.1 Å². The van der Waals surface area contributed by atoms with Crippen LogP contribution in [0.15, 0.2) is 42.5 Å². The Hall–Kier alpha value is -3.14. The van der Waals surface area contributed by atoms with Crippen molar-refractivity contribution in [2.75, 3.05) is 58.3 Å². The van der Waals surface area contributed by atoms with Crippen molar-refractivity contribution in [3.63, 3.8) is 0 Å². The minimum absolute atomic E-state index is 0.0103. The Bertz CT molecular complexity index is 936. The summed E-state index contributed by atoms with van der Waals surface area (Å²) in [6, 6.07) is 13.4. The molecule has 0 spiro atoms. The van der Waals surface area contributed by atoms with Crippen LogP contribution < -0.4 is 20.5 Å². The van der Waals surface area contributed by atoms with Gasteiger partial charge >= 0.3 is 0 Å². The van der Waals surface area contributed by atoms with Gasteiger partial charge in [-0.25, -0.2) is 0 Å². The van der Waals surface area contributed by atoms with Crippen molar-refractivity contribution in [2.24, 2.45) is 5.73 Å². The zero-order chi connectivity index (χ0) is 25.8. The number of aryl methyl sites for hydroxylation is 2. The Morgan fingerprint density at radius 1 is 1.00 bits per heavy atom. The number of nitrogens with one attached hydrogen (secondary N) is 1. The minimum Gasteiger partial charge on any atom is -0.493 e. The highest BCUT2D eigenvalue weighted by atomic mass is 16.5. The van der Waals surface area contributed by atoms with Crippen LogP contribution in [-0.2, 0) is 9.59 Å². The standard InChI is InChI=1S/C24H33N3O4.C2H5NO/c1-18-7-6-8-19(2)24(18)25-23(29)16-27-13-11-26(12-14-27)15-20(28)17-31-22-10-5-4-9-21(22)30-3;1-2(3)4/h4-10,20,28H,11-17H2,1-3H3,(H,25,29);1H3,(H2,3,4). The molecule has 9 heteroatoms. The molecule has 1 aliphatic rings. The molecule has 2 aromatic rings. The number of nitrogens with two attached hydrogens (primary N) is 1. The number of amides is 2. The molecule has 1 aliphatic heterocycles. The predicted octanol–water partition coefficient (Wildman–Crippen LogP) is 1.80. The Kier molecular flexibility index (Phi) is 11.5. The second kappa shape index (κ2) is 14.3. The second-order valence-corrected chi connectivity index (χ2v) is 8.62. The normalized spacial score (nSPS) is 14.9. The van der Waals surface area contributed by atoms with Crippen LogP contribution in [-0.4, -0.2) is 85.8 Å². The number of hydrogen-bond donors (Lipinski definition) is 3. The van der Waals surface area contributed by atoms with E-state index in [2.05, 4.69) is 20.9 Å². The molecule has 1 atom stereocenters. The van der Waals surface area contributed by atoms with Gasteiger partial charge in [0.05, 0.1) is 13.7 Å². The van der Waals surface area contributed by atoms with Crippen LogP contribution in [0.1, 0.15) is 18.1 Å². The van der Waals surface area contributed by atoms with E-state index in [1.54, 1.807) is 7.11 Å². The van der Waals surface area contributed by atoms with Crippen molar-refractivity contribution < 1.29 is 24.2 Å². The molecule has 0 radical (unpaired) electrons. The highest BCUT2D eigenvalue weighted by Crippen LogP contribution is 2.25. The van der Waals surface area contributed by atoms with Gasteiger partial charge in [0.25, 0.3) is 0 Å². The van der Waals surface area contributed by atoms with E-state index < -0.39 is 6.10 Å². The van der Waals surface area contributed by atoms with Crippen molar-refractivity contribution in [3.05, 3.63) is 53.6 Å². The van der Waals surface area contributed by atoms with E-state index in [0.717, 1.165) is 43.0 Å². The zero-order valence-electron chi connectivity index (χ0n) is 21.1. The van der Waals surface area contributed by atoms with Gasteiger partial charge in [0, 0.05) is 45.3 Å². The number of benzene rings is 2. The number of methoxy groups -OCH3 is 1. The van der Waals surface area contributed by atoms with Gasteiger partial charge in [-0.3, -0.25) is 19.4 Å². The number of aliphatic hydroxyl groups is 1. The molecule has 2 aromatic carbocycles. The maximum absolute atomic E-state index is 12.5. The van der Waals surface area contributed by atoms with E-state index in [0.29, 0.717) is 24.6 Å². The molecule has 0 bridgehead atoms. The minimum atomic E-state index is -0.594. The van der Waals surface area contributed by atoms with E-state index in [1.807, 2.05) is 56.3 Å². The maximum Gasteiger partial charge on any atom is 0.238 e. The lowest BCUT2D eigenvalue weighted by atomic mass is 10.1. The summed E-state index contributed by atoms with van der Waals surface area (Å²) < 4.78 is 11.0. The average Bonchev–Trinajstić information content (AvgIpc) is 2.81. The smallest absolute Gasteiger partial charge is 0.238 e.